The molecule has 2 unspecified atom stereocenters. The molecule has 1 aromatic heterocycles. The molecular formula is C18H19F2NO10P2. The second-order valence-electron chi connectivity index (χ2n) is 7.22. The van der Waals surface area contributed by atoms with Gasteiger partial charge in [0.25, 0.3) is 5.08 Å². The van der Waals surface area contributed by atoms with E-state index in [2.05, 4.69) is 14.5 Å². The molecule has 1 aromatic carbocycles. The van der Waals surface area contributed by atoms with Crippen LogP contribution in [-0.2, 0) is 29.3 Å². The molecule has 2 atom stereocenters. The van der Waals surface area contributed by atoms with E-state index in [1.54, 1.807) is 0 Å². The minimum Gasteiger partial charge on any atom is -0.431 e. The van der Waals surface area contributed by atoms with Crippen molar-refractivity contribution in [3.8, 4) is 5.75 Å². The molecule has 3 N–H and O–H groups in total. The van der Waals surface area contributed by atoms with Gasteiger partial charge in [-0.25, -0.2) is 13.6 Å². The number of rotatable bonds is 5. The van der Waals surface area contributed by atoms with Gasteiger partial charge in [0.2, 0.25) is 6.29 Å². The van der Waals surface area contributed by atoms with Gasteiger partial charge in [-0.05, 0) is 25.5 Å². The molecule has 0 spiro atoms. The van der Waals surface area contributed by atoms with Crippen LogP contribution < -0.4 is 4.74 Å². The van der Waals surface area contributed by atoms with Crippen LogP contribution >= 0.6 is 15.2 Å². The number of benzene rings is 1. The molecule has 1 aliphatic rings. The van der Waals surface area contributed by atoms with Crippen molar-refractivity contribution in [1.29, 1.82) is 0 Å². The summed E-state index contributed by atoms with van der Waals surface area (Å²) in [5.41, 5.74) is -1.08. The number of carbonyl (C=O) groups is 1. The van der Waals surface area contributed by atoms with E-state index in [-0.39, 0.29) is 5.56 Å². The summed E-state index contributed by atoms with van der Waals surface area (Å²) in [6.07, 6.45) is -2.67. The lowest BCUT2D eigenvalue weighted by Gasteiger charge is -2.41. The maximum Gasteiger partial charge on any atom is 0.514 e. The van der Waals surface area contributed by atoms with Crippen LogP contribution in [0.5, 0.6) is 5.75 Å². The Hall–Kier alpha value is -2.24. The first-order valence-electron chi connectivity index (χ1n) is 9.27. The number of pyridine rings is 1. The van der Waals surface area contributed by atoms with Gasteiger partial charge in [-0.15, -0.1) is 0 Å². The third-order valence-electron chi connectivity index (χ3n) is 4.37. The third-order valence-corrected chi connectivity index (χ3v) is 8.97. The summed E-state index contributed by atoms with van der Waals surface area (Å²) in [6.45, 7) is 3.03. The molecule has 33 heavy (non-hydrogen) atoms. The molecule has 2 heterocycles. The van der Waals surface area contributed by atoms with Gasteiger partial charge in [0.1, 0.15) is 17.4 Å². The standard InChI is InChI=1S/C18H19F2NO10P2/c1-10(2)28-17(22)29-12-6-13(19)15(14(20)7-12)16-30-32(24,25)18(23,33(26,27)31-16)8-11-4-3-5-21-9-11/h3-7,9-10,16,23H,8H2,1-2H3,(H,24,25)(H,26,27). The van der Waals surface area contributed by atoms with Gasteiger partial charge in [-0.2, -0.15) is 0 Å². The van der Waals surface area contributed by atoms with E-state index >= 15 is 0 Å². The fourth-order valence-corrected chi connectivity index (χ4v) is 6.39. The first-order valence-corrected chi connectivity index (χ1v) is 12.4. The maximum absolute atomic E-state index is 14.6. The quantitative estimate of drug-likeness (QED) is 0.307. The summed E-state index contributed by atoms with van der Waals surface area (Å²) in [4.78, 5) is 35.8. The topological polar surface area (TPSA) is 162 Å². The molecule has 3 rings (SSSR count). The van der Waals surface area contributed by atoms with Crippen molar-refractivity contribution >= 4 is 21.3 Å². The molecule has 0 radical (unpaired) electrons. The Labute approximate surface area is 186 Å². The predicted molar refractivity (Wildman–Crippen MR) is 106 cm³/mol. The van der Waals surface area contributed by atoms with Crippen molar-refractivity contribution in [2.75, 3.05) is 0 Å². The van der Waals surface area contributed by atoms with Gasteiger partial charge in [0, 0.05) is 30.9 Å². The molecule has 1 aliphatic heterocycles. The van der Waals surface area contributed by atoms with E-state index in [1.807, 2.05) is 0 Å². The van der Waals surface area contributed by atoms with E-state index in [1.165, 1.54) is 32.2 Å². The number of nitrogens with zero attached hydrogens (tertiary/aromatic N) is 1. The third kappa shape index (κ3) is 5.15. The Balaban J connectivity index is 1.91. The van der Waals surface area contributed by atoms with Crippen LogP contribution in [0.15, 0.2) is 36.7 Å². The van der Waals surface area contributed by atoms with Crippen molar-refractivity contribution < 1.29 is 56.1 Å². The highest BCUT2D eigenvalue weighted by molar-refractivity contribution is 7.73. The predicted octanol–water partition coefficient (Wildman–Crippen LogP) is 3.59. The zero-order valence-corrected chi connectivity index (χ0v) is 18.9. The lowest BCUT2D eigenvalue weighted by molar-refractivity contribution is -0.0614. The number of halogens is 2. The molecule has 0 aliphatic carbocycles. The Morgan fingerprint density at radius 3 is 2.27 bits per heavy atom. The van der Waals surface area contributed by atoms with Crippen LogP contribution in [0.25, 0.3) is 0 Å². The number of ether oxygens (including phenoxy) is 2. The zero-order valence-electron chi connectivity index (χ0n) is 17.1. The molecular weight excluding hydrogens is 490 g/mol. The van der Waals surface area contributed by atoms with E-state index in [0.717, 1.165) is 6.20 Å². The van der Waals surface area contributed by atoms with Crippen molar-refractivity contribution in [2.45, 2.75) is 37.7 Å². The van der Waals surface area contributed by atoms with E-state index in [0.29, 0.717) is 12.1 Å². The summed E-state index contributed by atoms with van der Waals surface area (Å²) >= 11 is 0. The first-order chi connectivity index (χ1) is 15.3. The smallest absolute Gasteiger partial charge is 0.431 e. The number of aliphatic hydroxyl groups is 1. The van der Waals surface area contributed by atoms with E-state index in [4.69, 9.17) is 9.05 Å². The number of carbonyl (C=O) groups excluding carboxylic acids is 1. The molecule has 2 aromatic rings. The molecule has 0 saturated carbocycles. The highest BCUT2D eigenvalue weighted by atomic mass is 31.2. The highest BCUT2D eigenvalue weighted by Crippen LogP contribution is 2.79. The lowest BCUT2D eigenvalue weighted by atomic mass is 10.2. The number of hydrogen-bond donors (Lipinski definition) is 3. The van der Waals surface area contributed by atoms with Crippen LogP contribution in [0.3, 0.4) is 0 Å². The molecule has 15 heteroatoms. The molecule has 11 nitrogen and oxygen atoms in total. The second kappa shape index (κ2) is 9.19. The molecule has 0 bridgehead atoms. The van der Waals surface area contributed by atoms with Gasteiger partial charge in [0.15, 0.2) is 0 Å². The summed E-state index contributed by atoms with van der Waals surface area (Å²) in [7, 11) is -10.9. The largest absolute Gasteiger partial charge is 0.514 e. The highest BCUT2D eigenvalue weighted by Gasteiger charge is 2.67. The van der Waals surface area contributed by atoms with Crippen LogP contribution in [0, 0.1) is 11.6 Å². The Bertz CT molecular complexity index is 1100. The SMILES string of the molecule is CC(C)OC(=O)Oc1cc(F)c(C2OP(=O)(O)C(O)(Cc3cccnc3)P(=O)(O)O2)c(F)c1. The van der Waals surface area contributed by atoms with Crippen LogP contribution in [0.2, 0.25) is 0 Å². The van der Waals surface area contributed by atoms with E-state index in [9.17, 15) is 37.6 Å². The van der Waals surface area contributed by atoms with Crippen LogP contribution in [0.1, 0.15) is 31.3 Å². The Morgan fingerprint density at radius 2 is 1.79 bits per heavy atom. The minimum atomic E-state index is -5.46. The fourth-order valence-electron chi connectivity index (χ4n) is 2.85. The second-order valence-corrected chi connectivity index (χ2v) is 11.6. The molecule has 180 valence electrons. The van der Waals surface area contributed by atoms with Gasteiger partial charge in [0.05, 0.1) is 11.7 Å². The van der Waals surface area contributed by atoms with Gasteiger partial charge in [-0.1, -0.05) is 6.07 Å². The Morgan fingerprint density at radius 1 is 1.21 bits per heavy atom. The lowest BCUT2D eigenvalue weighted by Crippen LogP contribution is -2.38. The fraction of sp³-hybridized carbons (Fsp3) is 0.333. The first kappa shape index (κ1) is 25.4. The average Bonchev–Trinajstić information content (AvgIpc) is 2.65. The van der Waals surface area contributed by atoms with Gasteiger partial charge in [-0.3, -0.25) is 23.2 Å². The molecule has 1 fully saturated rings. The number of hydrogen-bond acceptors (Lipinski definition) is 9. The summed E-state index contributed by atoms with van der Waals surface area (Å²) in [6, 6.07) is 3.77. The van der Waals surface area contributed by atoms with Crippen molar-refractivity contribution in [2.24, 2.45) is 0 Å². The van der Waals surface area contributed by atoms with Crippen molar-refractivity contribution in [1.82, 2.24) is 4.98 Å². The van der Waals surface area contributed by atoms with Gasteiger partial charge < -0.3 is 24.4 Å². The van der Waals surface area contributed by atoms with Crippen LogP contribution in [-0.4, -0.2) is 37.2 Å². The van der Waals surface area contributed by atoms with Crippen LogP contribution in [0.4, 0.5) is 13.6 Å². The molecule has 1 saturated heterocycles. The summed E-state index contributed by atoms with van der Waals surface area (Å²) < 4.78 is 73.4. The molecule has 0 amide bonds. The summed E-state index contributed by atoms with van der Waals surface area (Å²) in [5.74, 6) is -3.61. The normalized spacial score (nSPS) is 29.6. The number of aromatic nitrogens is 1. The maximum atomic E-state index is 14.6. The van der Waals surface area contributed by atoms with Crippen molar-refractivity contribution in [3.05, 3.63) is 59.4 Å². The zero-order chi connectivity index (χ0) is 24.6. The van der Waals surface area contributed by atoms with Crippen molar-refractivity contribution in [3.63, 3.8) is 0 Å². The minimum absolute atomic E-state index is 0.0846. The Kier molecular flexibility index (Phi) is 7.07. The monoisotopic (exact) mass is 509 g/mol. The summed E-state index contributed by atoms with van der Waals surface area (Å²) in [5, 5.41) is 7.30. The van der Waals surface area contributed by atoms with Gasteiger partial charge >= 0.3 is 21.3 Å². The van der Waals surface area contributed by atoms with E-state index < -0.39 is 68.2 Å². The average molecular weight is 509 g/mol.